The molecule has 0 saturated heterocycles. The topological polar surface area (TPSA) is 72.7 Å². The fourth-order valence-corrected chi connectivity index (χ4v) is 3.01. The van der Waals surface area contributed by atoms with Crippen LogP contribution in [-0.4, -0.2) is 28.5 Å². The van der Waals surface area contributed by atoms with E-state index in [9.17, 15) is 9.59 Å². The number of nitrogens with one attached hydrogen (secondary N) is 1. The Labute approximate surface area is 126 Å². The quantitative estimate of drug-likeness (QED) is 0.844. The summed E-state index contributed by atoms with van der Waals surface area (Å²) in [6.07, 6.45) is 0. The first-order valence-corrected chi connectivity index (χ1v) is 7.60. The molecule has 114 valence electrons. The van der Waals surface area contributed by atoms with E-state index in [1.165, 1.54) is 24.5 Å². The van der Waals surface area contributed by atoms with Crippen LogP contribution in [0.1, 0.15) is 25.2 Å². The van der Waals surface area contributed by atoms with E-state index in [1.54, 1.807) is 4.40 Å². The van der Waals surface area contributed by atoms with Crippen molar-refractivity contribution in [2.75, 3.05) is 7.11 Å². The van der Waals surface area contributed by atoms with Gasteiger partial charge in [-0.05, 0) is 12.8 Å². The van der Waals surface area contributed by atoms with Gasteiger partial charge in [-0.25, -0.2) is 4.98 Å². The lowest BCUT2D eigenvalue weighted by Crippen LogP contribution is -2.41. The van der Waals surface area contributed by atoms with Crippen LogP contribution < -0.4 is 10.9 Å². The fourth-order valence-electron chi connectivity index (χ4n) is 2.12. The van der Waals surface area contributed by atoms with Crippen molar-refractivity contribution in [3.05, 3.63) is 33.2 Å². The van der Waals surface area contributed by atoms with Crippen molar-refractivity contribution in [1.29, 1.82) is 0 Å². The summed E-state index contributed by atoms with van der Waals surface area (Å²) in [6.45, 7) is 6.09. The van der Waals surface area contributed by atoms with Gasteiger partial charge in [0.1, 0.15) is 6.04 Å². The van der Waals surface area contributed by atoms with Crippen LogP contribution in [0, 0.1) is 12.8 Å². The zero-order valence-corrected chi connectivity index (χ0v) is 13.4. The standard InChI is InChI=1S/C14H19N3O3S/c1-8(2)12(13(19)20-4)15-6-10-5-11(18)17-9(3)7-21-14(17)16-10/h5,7-8,12,15H,6H2,1-4H3. The number of hydrogen-bond donors (Lipinski definition) is 1. The van der Waals surface area contributed by atoms with E-state index in [2.05, 4.69) is 10.3 Å². The zero-order chi connectivity index (χ0) is 15.6. The number of aromatic nitrogens is 2. The third kappa shape index (κ3) is 3.30. The number of esters is 1. The van der Waals surface area contributed by atoms with Crippen molar-refractivity contribution in [2.45, 2.75) is 33.4 Å². The van der Waals surface area contributed by atoms with E-state index in [1.807, 2.05) is 26.2 Å². The van der Waals surface area contributed by atoms with Gasteiger partial charge in [0.05, 0.1) is 12.8 Å². The normalized spacial score (nSPS) is 12.8. The monoisotopic (exact) mass is 309 g/mol. The molecule has 2 aromatic heterocycles. The molecule has 1 atom stereocenters. The summed E-state index contributed by atoms with van der Waals surface area (Å²) in [5, 5.41) is 5.00. The van der Waals surface area contributed by atoms with Crippen molar-refractivity contribution in [2.24, 2.45) is 5.92 Å². The van der Waals surface area contributed by atoms with E-state index in [4.69, 9.17) is 4.74 Å². The number of aryl methyl sites for hydroxylation is 1. The summed E-state index contributed by atoms with van der Waals surface area (Å²) in [5.41, 5.74) is 1.40. The van der Waals surface area contributed by atoms with Gasteiger partial charge in [0.15, 0.2) is 4.96 Å². The maximum absolute atomic E-state index is 12.1. The molecule has 0 fully saturated rings. The molecule has 6 nitrogen and oxygen atoms in total. The highest BCUT2D eigenvalue weighted by molar-refractivity contribution is 7.15. The lowest BCUT2D eigenvalue weighted by Gasteiger charge is -2.19. The van der Waals surface area contributed by atoms with Gasteiger partial charge in [0, 0.05) is 23.7 Å². The highest BCUT2D eigenvalue weighted by Gasteiger charge is 2.22. The highest BCUT2D eigenvalue weighted by Crippen LogP contribution is 2.12. The third-order valence-electron chi connectivity index (χ3n) is 3.25. The number of rotatable bonds is 5. The van der Waals surface area contributed by atoms with Crippen molar-refractivity contribution < 1.29 is 9.53 Å². The molecule has 2 aromatic rings. The fraction of sp³-hybridized carbons (Fsp3) is 0.500. The number of fused-ring (bicyclic) bond motifs is 1. The second kappa shape index (κ2) is 6.36. The largest absolute Gasteiger partial charge is 0.468 e. The van der Waals surface area contributed by atoms with E-state index in [0.717, 1.165) is 5.69 Å². The SMILES string of the molecule is COC(=O)C(NCc1cc(=O)n2c(C)csc2n1)C(C)C. The molecule has 21 heavy (non-hydrogen) atoms. The molecule has 2 rings (SSSR count). The third-order valence-corrected chi connectivity index (χ3v) is 4.20. The van der Waals surface area contributed by atoms with Crippen molar-refractivity contribution >= 4 is 22.3 Å². The molecule has 0 amide bonds. The van der Waals surface area contributed by atoms with Crippen molar-refractivity contribution in [1.82, 2.24) is 14.7 Å². The Morgan fingerprint density at radius 2 is 2.24 bits per heavy atom. The molecule has 0 aromatic carbocycles. The van der Waals surface area contributed by atoms with Gasteiger partial charge in [0.2, 0.25) is 0 Å². The first-order chi connectivity index (χ1) is 9.93. The van der Waals surface area contributed by atoms with Crippen LogP contribution in [0.5, 0.6) is 0 Å². The second-order valence-corrected chi connectivity index (χ2v) is 6.04. The summed E-state index contributed by atoms with van der Waals surface area (Å²) in [6, 6.07) is 1.08. The van der Waals surface area contributed by atoms with Crippen LogP contribution in [0.25, 0.3) is 4.96 Å². The number of carbonyl (C=O) groups is 1. The van der Waals surface area contributed by atoms with Crippen LogP contribution in [0.4, 0.5) is 0 Å². The minimum absolute atomic E-state index is 0.0891. The predicted octanol–water partition coefficient (Wildman–Crippen LogP) is 1.35. The minimum Gasteiger partial charge on any atom is -0.468 e. The Hall–Kier alpha value is -1.73. The van der Waals surface area contributed by atoms with Gasteiger partial charge in [-0.15, -0.1) is 11.3 Å². The molecule has 0 radical (unpaired) electrons. The van der Waals surface area contributed by atoms with E-state index in [0.29, 0.717) is 17.2 Å². The van der Waals surface area contributed by atoms with Crippen LogP contribution in [0.2, 0.25) is 0 Å². The predicted molar refractivity (Wildman–Crippen MR) is 81.6 cm³/mol. The molecule has 1 N–H and O–H groups in total. The molecule has 2 heterocycles. The van der Waals surface area contributed by atoms with Crippen LogP contribution in [0.15, 0.2) is 16.2 Å². The molecular weight excluding hydrogens is 290 g/mol. The van der Waals surface area contributed by atoms with Crippen LogP contribution >= 0.6 is 11.3 Å². The highest BCUT2D eigenvalue weighted by atomic mass is 32.1. The number of nitrogens with zero attached hydrogens (tertiary/aromatic N) is 2. The van der Waals surface area contributed by atoms with Gasteiger partial charge in [-0.2, -0.15) is 0 Å². The molecule has 0 saturated carbocycles. The average molecular weight is 309 g/mol. The maximum atomic E-state index is 12.1. The Bertz CT molecular complexity index is 705. The Kier molecular flexibility index (Phi) is 4.74. The van der Waals surface area contributed by atoms with Gasteiger partial charge in [-0.1, -0.05) is 13.8 Å². The molecule has 0 aliphatic heterocycles. The molecular formula is C14H19N3O3S. The van der Waals surface area contributed by atoms with Gasteiger partial charge < -0.3 is 4.74 Å². The van der Waals surface area contributed by atoms with E-state index < -0.39 is 6.04 Å². The number of carbonyl (C=O) groups excluding carboxylic acids is 1. The van der Waals surface area contributed by atoms with Crippen LogP contribution in [-0.2, 0) is 16.1 Å². The van der Waals surface area contributed by atoms with Gasteiger partial charge in [-0.3, -0.25) is 19.3 Å². The summed E-state index contributed by atoms with van der Waals surface area (Å²) < 4.78 is 6.35. The summed E-state index contributed by atoms with van der Waals surface area (Å²) in [5.74, 6) is -0.221. The van der Waals surface area contributed by atoms with E-state index in [-0.39, 0.29) is 17.4 Å². The van der Waals surface area contributed by atoms with Gasteiger partial charge >= 0.3 is 5.97 Å². The van der Waals surface area contributed by atoms with Gasteiger partial charge in [0.25, 0.3) is 5.56 Å². The smallest absolute Gasteiger partial charge is 0.323 e. The number of methoxy groups -OCH3 is 1. The molecule has 0 aliphatic rings. The zero-order valence-electron chi connectivity index (χ0n) is 12.5. The number of hydrogen-bond acceptors (Lipinski definition) is 6. The van der Waals surface area contributed by atoms with Crippen LogP contribution in [0.3, 0.4) is 0 Å². The molecule has 0 aliphatic carbocycles. The maximum Gasteiger partial charge on any atom is 0.323 e. The number of thiazole rings is 1. The summed E-state index contributed by atoms with van der Waals surface area (Å²) in [7, 11) is 1.37. The Balaban J connectivity index is 2.20. The Morgan fingerprint density at radius 1 is 1.52 bits per heavy atom. The van der Waals surface area contributed by atoms with Crippen molar-refractivity contribution in [3.8, 4) is 0 Å². The lowest BCUT2D eigenvalue weighted by molar-refractivity contribution is -0.144. The molecule has 7 heteroatoms. The van der Waals surface area contributed by atoms with Crippen molar-refractivity contribution in [3.63, 3.8) is 0 Å². The summed E-state index contributed by atoms with van der Waals surface area (Å²) >= 11 is 1.43. The lowest BCUT2D eigenvalue weighted by atomic mass is 10.0. The number of ether oxygens (including phenoxy) is 1. The molecule has 0 spiro atoms. The second-order valence-electron chi connectivity index (χ2n) is 5.21. The average Bonchev–Trinajstić information content (AvgIpc) is 2.80. The molecule has 1 unspecified atom stereocenters. The first-order valence-electron chi connectivity index (χ1n) is 6.72. The minimum atomic E-state index is -0.416. The first kappa shape index (κ1) is 15.7. The summed E-state index contributed by atoms with van der Waals surface area (Å²) in [4.78, 5) is 28.9. The van der Waals surface area contributed by atoms with E-state index >= 15 is 0 Å². The molecule has 0 bridgehead atoms. The Morgan fingerprint density at radius 3 is 2.86 bits per heavy atom.